The van der Waals surface area contributed by atoms with Crippen LogP contribution in [0, 0.1) is 0 Å². The molecule has 0 atom stereocenters. The highest BCUT2D eigenvalue weighted by molar-refractivity contribution is 7.17. The molecule has 0 bridgehead atoms. The minimum atomic E-state index is -0.224. The van der Waals surface area contributed by atoms with E-state index in [2.05, 4.69) is 4.98 Å². The van der Waals surface area contributed by atoms with E-state index >= 15 is 0 Å². The van der Waals surface area contributed by atoms with Crippen LogP contribution in [-0.2, 0) is 11.3 Å². The van der Waals surface area contributed by atoms with Gasteiger partial charge in [-0.2, -0.15) is 0 Å². The summed E-state index contributed by atoms with van der Waals surface area (Å²) in [5.74, 6) is -0.0750. The predicted octanol–water partition coefficient (Wildman–Crippen LogP) is 4.13. The van der Waals surface area contributed by atoms with Gasteiger partial charge in [0.25, 0.3) is 5.56 Å². The molecule has 0 unspecified atom stereocenters. The largest absolute Gasteiger partial charge is 0.312 e. The highest BCUT2D eigenvalue weighted by Crippen LogP contribution is 2.30. The van der Waals surface area contributed by atoms with Crippen molar-refractivity contribution in [1.29, 1.82) is 0 Å². The zero-order valence-corrected chi connectivity index (χ0v) is 17.5. The lowest BCUT2D eigenvalue weighted by Crippen LogP contribution is -2.25. The second kappa shape index (κ2) is 7.92. The van der Waals surface area contributed by atoms with Crippen LogP contribution in [0.3, 0.4) is 0 Å². The van der Waals surface area contributed by atoms with Crippen molar-refractivity contribution < 1.29 is 9.59 Å². The first-order chi connectivity index (χ1) is 15.1. The molecule has 1 amide bonds. The molecular weight excluding hydrogens is 410 g/mol. The van der Waals surface area contributed by atoms with Crippen LogP contribution in [0.5, 0.6) is 0 Å². The van der Waals surface area contributed by atoms with Crippen LogP contribution < -0.4 is 10.5 Å². The smallest absolute Gasteiger partial charge is 0.263 e. The number of rotatable bonds is 5. The van der Waals surface area contributed by atoms with Crippen LogP contribution in [0.25, 0.3) is 21.3 Å². The van der Waals surface area contributed by atoms with Crippen LogP contribution in [0.2, 0.25) is 0 Å². The third-order valence-electron chi connectivity index (χ3n) is 5.53. The number of Topliss-reactive ketones (excluding diaryl/α,β-unsaturated/α-hetero) is 1. The monoisotopic (exact) mass is 429 g/mol. The Morgan fingerprint density at radius 3 is 2.52 bits per heavy atom. The number of thiophene rings is 1. The lowest BCUT2D eigenvalue weighted by molar-refractivity contribution is -0.117. The number of hydrogen-bond acceptors (Lipinski definition) is 5. The van der Waals surface area contributed by atoms with Gasteiger partial charge in [-0.1, -0.05) is 30.3 Å². The van der Waals surface area contributed by atoms with Gasteiger partial charge in [0.15, 0.2) is 5.78 Å². The Morgan fingerprint density at radius 2 is 1.81 bits per heavy atom. The minimum Gasteiger partial charge on any atom is -0.312 e. The molecule has 3 heterocycles. The van der Waals surface area contributed by atoms with E-state index in [9.17, 15) is 14.4 Å². The fraction of sp³-hybridized carbons (Fsp3) is 0.167. The topological polar surface area (TPSA) is 72.3 Å². The van der Waals surface area contributed by atoms with Crippen LogP contribution >= 0.6 is 11.3 Å². The second-order valence-corrected chi connectivity index (χ2v) is 8.35. The summed E-state index contributed by atoms with van der Waals surface area (Å²) in [6.07, 6.45) is 2.85. The minimum absolute atomic E-state index is 0.0894. The third kappa shape index (κ3) is 3.57. The molecule has 1 fully saturated rings. The van der Waals surface area contributed by atoms with Gasteiger partial charge in [0.1, 0.15) is 4.83 Å². The number of carbonyl (C=O) groups excluding carboxylic acids is 2. The molecule has 31 heavy (non-hydrogen) atoms. The summed E-state index contributed by atoms with van der Waals surface area (Å²) in [7, 11) is 0. The molecule has 154 valence electrons. The Morgan fingerprint density at radius 1 is 1.03 bits per heavy atom. The summed E-state index contributed by atoms with van der Waals surface area (Å²) in [4.78, 5) is 44.7. The van der Waals surface area contributed by atoms with Gasteiger partial charge in [-0.05, 0) is 36.2 Å². The molecule has 1 aliphatic rings. The van der Waals surface area contributed by atoms with Crippen molar-refractivity contribution in [3.05, 3.63) is 82.2 Å². The maximum Gasteiger partial charge on any atom is 0.263 e. The van der Waals surface area contributed by atoms with Crippen LogP contribution in [0.1, 0.15) is 23.2 Å². The average Bonchev–Trinajstić information content (AvgIpc) is 3.43. The fourth-order valence-electron chi connectivity index (χ4n) is 3.90. The number of ketones is 1. The number of aromatic nitrogens is 2. The maximum absolute atomic E-state index is 13.1. The Balaban J connectivity index is 1.43. The zero-order chi connectivity index (χ0) is 21.4. The van der Waals surface area contributed by atoms with E-state index in [0.717, 1.165) is 23.2 Å². The van der Waals surface area contributed by atoms with Crippen molar-refractivity contribution in [2.24, 2.45) is 0 Å². The van der Waals surface area contributed by atoms with Crippen molar-refractivity contribution in [2.45, 2.75) is 19.4 Å². The summed E-state index contributed by atoms with van der Waals surface area (Å²) in [5, 5.41) is 2.47. The van der Waals surface area contributed by atoms with Crippen molar-refractivity contribution in [3.8, 4) is 11.1 Å². The lowest BCUT2D eigenvalue weighted by atomic mass is 10.1. The molecule has 2 aromatic carbocycles. The fourth-order valence-corrected chi connectivity index (χ4v) is 4.81. The van der Waals surface area contributed by atoms with Gasteiger partial charge in [-0.15, -0.1) is 11.3 Å². The normalized spacial score (nSPS) is 13.8. The number of anilines is 1. The summed E-state index contributed by atoms with van der Waals surface area (Å²) in [5.41, 5.74) is 2.85. The number of hydrogen-bond donors (Lipinski definition) is 0. The Labute approximate surface area is 182 Å². The standard InChI is InChI=1S/C24H19N3O3S/c28-20(17-8-10-18(11-9-17)27-12-4-7-21(27)29)13-26-15-25-23-22(24(26)30)19(14-31-23)16-5-2-1-3-6-16/h1-3,5-6,8-11,14-15H,4,7,12-13H2. The van der Waals surface area contributed by atoms with E-state index in [1.807, 2.05) is 35.7 Å². The van der Waals surface area contributed by atoms with Crippen molar-refractivity contribution in [2.75, 3.05) is 11.4 Å². The first-order valence-corrected chi connectivity index (χ1v) is 11.0. The summed E-state index contributed by atoms with van der Waals surface area (Å²) >= 11 is 1.42. The van der Waals surface area contributed by atoms with E-state index in [1.165, 1.54) is 22.2 Å². The molecule has 0 spiro atoms. The molecule has 4 aromatic rings. The molecule has 0 N–H and O–H groups in total. The van der Waals surface area contributed by atoms with Gasteiger partial charge >= 0.3 is 0 Å². The molecule has 5 rings (SSSR count). The molecule has 1 aliphatic heterocycles. The lowest BCUT2D eigenvalue weighted by Gasteiger charge is -2.15. The second-order valence-electron chi connectivity index (χ2n) is 7.49. The Hall–Kier alpha value is -3.58. The molecule has 1 saturated heterocycles. The molecule has 0 saturated carbocycles. The number of benzene rings is 2. The van der Waals surface area contributed by atoms with Crippen molar-refractivity contribution in [3.63, 3.8) is 0 Å². The van der Waals surface area contributed by atoms with Crippen LogP contribution in [0.4, 0.5) is 5.69 Å². The van der Waals surface area contributed by atoms with E-state index in [1.54, 1.807) is 29.2 Å². The maximum atomic E-state index is 13.1. The number of fused-ring (bicyclic) bond motifs is 1. The first kappa shape index (κ1) is 19.4. The number of amides is 1. The molecular formula is C24H19N3O3S. The van der Waals surface area contributed by atoms with Crippen molar-refractivity contribution >= 4 is 38.9 Å². The molecule has 2 aromatic heterocycles. The van der Waals surface area contributed by atoms with E-state index in [4.69, 9.17) is 0 Å². The molecule has 0 aliphatic carbocycles. The molecule has 6 nitrogen and oxygen atoms in total. The zero-order valence-electron chi connectivity index (χ0n) is 16.7. The average molecular weight is 430 g/mol. The quantitative estimate of drug-likeness (QED) is 0.447. The van der Waals surface area contributed by atoms with Gasteiger partial charge in [-0.3, -0.25) is 19.0 Å². The van der Waals surface area contributed by atoms with Crippen molar-refractivity contribution in [1.82, 2.24) is 9.55 Å². The third-order valence-corrected chi connectivity index (χ3v) is 6.42. The number of nitrogens with zero attached hydrogens (tertiary/aromatic N) is 3. The highest BCUT2D eigenvalue weighted by atomic mass is 32.1. The summed E-state index contributed by atoms with van der Waals surface area (Å²) in [6.45, 7) is 0.617. The predicted molar refractivity (Wildman–Crippen MR) is 122 cm³/mol. The SMILES string of the molecule is O=C(Cn1cnc2scc(-c3ccccc3)c2c1=O)c1ccc(N2CCCC2=O)cc1. The van der Waals surface area contributed by atoms with Gasteiger partial charge in [0.05, 0.1) is 18.3 Å². The van der Waals surface area contributed by atoms with Gasteiger partial charge in [0, 0.05) is 35.2 Å². The van der Waals surface area contributed by atoms with E-state index < -0.39 is 0 Å². The Bertz CT molecular complexity index is 1340. The van der Waals surface area contributed by atoms with Crippen LogP contribution in [0.15, 0.2) is 71.1 Å². The van der Waals surface area contributed by atoms with Crippen LogP contribution in [-0.4, -0.2) is 27.8 Å². The van der Waals surface area contributed by atoms with E-state index in [0.29, 0.717) is 28.7 Å². The van der Waals surface area contributed by atoms with E-state index in [-0.39, 0.29) is 23.8 Å². The van der Waals surface area contributed by atoms with Gasteiger partial charge < -0.3 is 4.90 Å². The highest BCUT2D eigenvalue weighted by Gasteiger charge is 2.22. The molecule has 7 heteroatoms. The Kier molecular flexibility index (Phi) is 4.95. The van der Waals surface area contributed by atoms with Gasteiger partial charge in [-0.25, -0.2) is 4.98 Å². The first-order valence-electron chi connectivity index (χ1n) is 10.1. The molecule has 0 radical (unpaired) electrons. The van der Waals surface area contributed by atoms with Gasteiger partial charge in [0.2, 0.25) is 5.91 Å². The summed E-state index contributed by atoms with van der Waals surface area (Å²) < 4.78 is 1.36. The number of carbonyl (C=O) groups is 2. The summed E-state index contributed by atoms with van der Waals surface area (Å²) in [6, 6.07) is 16.7.